The summed E-state index contributed by atoms with van der Waals surface area (Å²) in [4.78, 5) is 20.6. The fourth-order valence-electron chi connectivity index (χ4n) is 2.52. The number of hydrogen-bond donors (Lipinski definition) is 1. The average molecular weight is 381 g/mol. The SMILES string of the molecule is O=C(NCc1cccnc1-n1cncn1)c1cc(-c2cccc(Cl)c2)on1. The van der Waals surface area contributed by atoms with Crippen molar-refractivity contribution in [1.29, 1.82) is 0 Å². The molecule has 0 unspecified atom stereocenters. The number of hydrogen-bond acceptors (Lipinski definition) is 6. The summed E-state index contributed by atoms with van der Waals surface area (Å²) in [5, 5.41) is 11.3. The molecule has 0 bridgehead atoms. The summed E-state index contributed by atoms with van der Waals surface area (Å²) >= 11 is 5.98. The van der Waals surface area contributed by atoms with Crippen molar-refractivity contribution in [3.63, 3.8) is 0 Å². The fraction of sp³-hybridized carbons (Fsp3) is 0.0556. The maximum absolute atomic E-state index is 12.4. The Morgan fingerprint density at radius 1 is 1.22 bits per heavy atom. The Morgan fingerprint density at radius 2 is 2.15 bits per heavy atom. The topological polar surface area (TPSA) is 98.7 Å². The minimum Gasteiger partial charge on any atom is -0.355 e. The maximum atomic E-state index is 12.4. The van der Waals surface area contributed by atoms with Crippen LogP contribution in [0.15, 0.2) is 65.8 Å². The van der Waals surface area contributed by atoms with E-state index in [0.29, 0.717) is 16.6 Å². The second kappa shape index (κ2) is 7.38. The minimum atomic E-state index is -0.361. The Hall–Kier alpha value is -3.52. The second-order valence-electron chi connectivity index (χ2n) is 5.60. The van der Waals surface area contributed by atoms with Crippen LogP contribution >= 0.6 is 11.6 Å². The number of benzene rings is 1. The van der Waals surface area contributed by atoms with Gasteiger partial charge in [0.1, 0.15) is 12.7 Å². The zero-order valence-corrected chi connectivity index (χ0v) is 14.7. The van der Waals surface area contributed by atoms with Crippen LogP contribution in [0.5, 0.6) is 0 Å². The number of nitrogens with zero attached hydrogens (tertiary/aromatic N) is 5. The van der Waals surface area contributed by atoms with Crippen molar-refractivity contribution in [3.8, 4) is 17.1 Å². The van der Waals surface area contributed by atoms with E-state index in [2.05, 4.69) is 25.5 Å². The van der Waals surface area contributed by atoms with Gasteiger partial charge in [-0.3, -0.25) is 4.79 Å². The van der Waals surface area contributed by atoms with E-state index in [0.717, 1.165) is 11.1 Å². The molecule has 1 amide bonds. The molecular weight excluding hydrogens is 368 g/mol. The molecule has 0 atom stereocenters. The van der Waals surface area contributed by atoms with Gasteiger partial charge in [-0.1, -0.05) is 35.0 Å². The van der Waals surface area contributed by atoms with Gasteiger partial charge in [-0.2, -0.15) is 5.10 Å². The third-order valence-corrected chi connectivity index (χ3v) is 4.03. The van der Waals surface area contributed by atoms with Gasteiger partial charge in [0.25, 0.3) is 5.91 Å². The molecule has 3 aromatic heterocycles. The molecule has 0 radical (unpaired) electrons. The van der Waals surface area contributed by atoms with Crippen LogP contribution in [-0.2, 0) is 6.54 Å². The maximum Gasteiger partial charge on any atom is 0.273 e. The van der Waals surface area contributed by atoms with E-state index >= 15 is 0 Å². The first-order valence-corrected chi connectivity index (χ1v) is 8.38. The Bertz CT molecular complexity index is 1080. The average Bonchev–Trinajstić information content (AvgIpc) is 3.38. The van der Waals surface area contributed by atoms with Crippen molar-refractivity contribution >= 4 is 17.5 Å². The zero-order valence-electron chi connectivity index (χ0n) is 13.9. The van der Waals surface area contributed by atoms with Gasteiger partial charge in [0, 0.05) is 35.0 Å². The van der Waals surface area contributed by atoms with Crippen molar-refractivity contribution in [2.24, 2.45) is 0 Å². The van der Waals surface area contributed by atoms with Gasteiger partial charge in [0.05, 0.1) is 0 Å². The molecule has 9 heteroatoms. The van der Waals surface area contributed by atoms with Gasteiger partial charge in [0.15, 0.2) is 17.3 Å². The van der Waals surface area contributed by atoms with Crippen LogP contribution in [0.4, 0.5) is 0 Å². The Kier molecular flexibility index (Phi) is 4.63. The highest BCUT2D eigenvalue weighted by molar-refractivity contribution is 6.30. The van der Waals surface area contributed by atoms with E-state index in [-0.39, 0.29) is 18.1 Å². The lowest BCUT2D eigenvalue weighted by Gasteiger charge is -2.08. The highest BCUT2D eigenvalue weighted by Crippen LogP contribution is 2.23. The van der Waals surface area contributed by atoms with E-state index in [1.807, 2.05) is 12.1 Å². The molecule has 3 heterocycles. The summed E-state index contributed by atoms with van der Waals surface area (Å²) in [5.41, 5.74) is 1.71. The Balaban J connectivity index is 1.48. The van der Waals surface area contributed by atoms with Crippen molar-refractivity contribution in [1.82, 2.24) is 30.2 Å². The minimum absolute atomic E-state index is 0.177. The smallest absolute Gasteiger partial charge is 0.273 e. The molecule has 0 saturated heterocycles. The molecule has 27 heavy (non-hydrogen) atoms. The zero-order chi connectivity index (χ0) is 18.6. The van der Waals surface area contributed by atoms with E-state index in [4.69, 9.17) is 16.1 Å². The molecule has 4 rings (SSSR count). The lowest BCUT2D eigenvalue weighted by Crippen LogP contribution is -2.24. The molecule has 0 saturated carbocycles. The molecule has 0 fully saturated rings. The van der Waals surface area contributed by atoms with Crippen LogP contribution in [0, 0.1) is 0 Å². The molecule has 134 valence electrons. The van der Waals surface area contributed by atoms with Crippen LogP contribution in [0.25, 0.3) is 17.1 Å². The molecule has 1 aromatic carbocycles. The lowest BCUT2D eigenvalue weighted by molar-refractivity contribution is 0.0942. The van der Waals surface area contributed by atoms with Gasteiger partial charge in [-0.15, -0.1) is 0 Å². The first-order chi connectivity index (χ1) is 13.2. The standard InChI is InChI=1S/C18H13ClN6O2/c19-14-5-1-3-12(7-14)16-8-15(24-27-16)18(26)22-9-13-4-2-6-21-17(13)25-11-20-10-23-25/h1-8,10-11H,9H2,(H,22,26). The van der Waals surface area contributed by atoms with E-state index in [1.54, 1.807) is 42.9 Å². The normalized spacial score (nSPS) is 10.7. The summed E-state index contributed by atoms with van der Waals surface area (Å²) in [7, 11) is 0. The number of nitrogens with one attached hydrogen (secondary N) is 1. The van der Waals surface area contributed by atoms with Gasteiger partial charge < -0.3 is 9.84 Å². The predicted octanol–water partition coefficient (Wildman–Crippen LogP) is 2.90. The van der Waals surface area contributed by atoms with Crippen molar-refractivity contribution < 1.29 is 9.32 Å². The summed E-state index contributed by atoms with van der Waals surface area (Å²) in [6, 6.07) is 12.3. The number of aromatic nitrogens is 5. The number of halogens is 1. The molecule has 8 nitrogen and oxygen atoms in total. The van der Waals surface area contributed by atoms with E-state index < -0.39 is 0 Å². The lowest BCUT2D eigenvalue weighted by atomic mass is 10.1. The van der Waals surface area contributed by atoms with Crippen LogP contribution < -0.4 is 5.32 Å². The molecule has 0 aliphatic heterocycles. The number of amides is 1. The first-order valence-electron chi connectivity index (χ1n) is 8.00. The number of rotatable bonds is 5. The number of pyridine rings is 1. The monoisotopic (exact) mass is 380 g/mol. The molecule has 1 N–H and O–H groups in total. The molecule has 0 aliphatic rings. The van der Waals surface area contributed by atoms with Crippen molar-refractivity contribution in [3.05, 3.63) is 77.6 Å². The quantitative estimate of drug-likeness (QED) is 0.571. The summed E-state index contributed by atoms with van der Waals surface area (Å²) in [6.45, 7) is 0.251. The third kappa shape index (κ3) is 3.70. The molecular formula is C18H13ClN6O2. The van der Waals surface area contributed by atoms with Crippen LogP contribution in [0.1, 0.15) is 16.1 Å². The van der Waals surface area contributed by atoms with E-state index in [1.165, 1.54) is 11.0 Å². The number of carbonyl (C=O) groups is 1. The first kappa shape index (κ1) is 16.9. The Morgan fingerprint density at radius 3 is 2.96 bits per heavy atom. The summed E-state index contributed by atoms with van der Waals surface area (Å²) < 4.78 is 6.79. The molecule has 0 spiro atoms. The predicted molar refractivity (Wildman–Crippen MR) is 97.3 cm³/mol. The fourth-order valence-corrected chi connectivity index (χ4v) is 2.71. The highest BCUT2D eigenvalue weighted by Gasteiger charge is 2.15. The highest BCUT2D eigenvalue weighted by atomic mass is 35.5. The molecule has 0 aliphatic carbocycles. The molecule has 4 aromatic rings. The third-order valence-electron chi connectivity index (χ3n) is 3.79. The number of carbonyl (C=O) groups excluding carboxylic acids is 1. The summed E-state index contributed by atoms with van der Waals surface area (Å²) in [6.07, 6.45) is 4.61. The van der Waals surface area contributed by atoms with Gasteiger partial charge in [-0.05, 0) is 18.2 Å². The van der Waals surface area contributed by atoms with Crippen LogP contribution in [0.2, 0.25) is 5.02 Å². The van der Waals surface area contributed by atoms with E-state index in [9.17, 15) is 4.79 Å². The van der Waals surface area contributed by atoms with Crippen molar-refractivity contribution in [2.75, 3.05) is 0 Å². The van der Waals surface area contributed by atoms with Crippen LogP contribution in [0.3, 0.4) is 0 Å². The second-order valence-corrected chi connectivity index (χ2v) is 6.03. The van der Waals surface area contributed by atoms with Gasteiger partial charge >= 0.3 is 0 Å². The summed E-state index contributed by atoms with van der Waals surface area (Å²) in [5.74, 6) is 0.697. The largest absolute Gasteiger partial charge is 0.355 e. The van der Waals surface area contributed by atoms with Crippen molar-refractivity contribution in [2.45, 2.75) is 6.54 Å². The van der Waals surface area contributed by atoms with Crippen LogP contribution in [-0.4, -0.2) is 30.8 Å². The van der Waals surface area contributed by atoms with Gasteiger partial charge in [-0.25, -0.2) is 14.6 Å². The van der Waals surface area contributed by atoms with Gasteiger partial charge in [0.2, 0.25) is 0 Å². The Labute approximate surface area is 158 Å².